The Kier molecular flexibility index (Phi) is 5.40. The first-order valence-corrected chi connectivity index (χ1v) is 8.16. The van der Waals surface area contributed by atoms with Gasteiger partial charge in [0.1, 0.15) is 18.2 Å². The van der Waals surface area contributed by atoms with Gasteiger partial charge < -0.3 is 4.74 Å². The third-order valence-electron chi connectivity index (χ3n) is 4.23. The van der Waals surface area contributed by atoms with Gasteiger partial charge in [-0.2, -0.15) is 0 Å². The molecule has 6 heteroatoms. The highest BCUT2D eigenvalue weighted by atomic mass is 19.1. The summed E-state index contributed by atoms with van der Waals surface area (Å²) in [6, 6.07) is 12.7. The fourth-order valence-corrected chi connectivity index (χ4v) is 2.80. The Morgan fingerprint density at radius 2 is 1.84 bits per heavy atom. The van der Waals surface area contributed by atoms with Crippen molar-refractivity contribution >= 4 is 11.3 Å². The molecule has 0 atom stereocenters. The van der Waals surface area contributed by atoms with Crippen molar-refractivity contribution < 1.29 is 14.1 Å². The quantitative estimate of drug-likeness (QED) is 0.590. The van der Waals surface area contributed by atoms with E-state index in [0.29, 0.717) is 12.4 Å². The summed E-state index contributed by atoms with van der Waals surface area (Å²) >= 11 is 0. The molecule has 0 unspecified atom stereocenters. The van der Waals surface area contributed by atoms with Gasteiger partial charge in [0.25, 0.3) is 5.69 Å². The van der Waals surface area contributed by atoms with Crippen LogP contribution >= 0.6 is 0 Å². The highest BCUT2D eigenvalue weighted by Gasteiger charge is 2.13. The first kappa shape index (κ1) is 17.1. The Hall–Kier alpha value is -2.73. The summed E-state index contributed by atoms with van der Waals surface area (Å²) < 4.78 is 18.6. The van der Waals surface area contributed by atoms with E-state index >= 15 is 0 Å². The number of non-ortho nitro benzene ring substituents is 1. The average molecular weight is 342 g/mol. The van der Waals surface area contributed by atoms with Crippen LogP contribution in [0.15, 0.2) is 54.6 Å². The van der Waals surface area contributed by atoms with Crippen LogP contribution in [0.5, 0.6) is 5.75 Å². The van der Waals surface area contributed by atoms with Crippen LogP contribution < -0.4 is 4.74 Å². The van der Waals surface area contributed by atoms with Gasteiger partial charge in [0.15, 0.2) is 0 Å². The Morgan fingerprint density at radius 1 is 1.12 bits per heavy atom. The van der Waals surface area contributed by atoms with Gasteiger partial charge in [0.05, 0.1) is 4.92 Å². The van der Waals surface area contributed by atoms with Gasteiger partial charge in [0.2, 0.25) is 0 Å². The molecular formula is C19H19FN2O3. The van der Waals surface area contributed by atoms with E-state index in [9.17, 15) is 14.5 Å². The number of hydrogen-bond acceptors (Lipinski definition) is 4. The van der Waals surface area contributed by atoms with Crippen molar-refractivity contribution in [1.82, 2.24) is 4.90 Å². The molecule has 1 aliphatic heterocycles. The second-order valence-electron chi connectivity index (χ2n) is 5.89. The van der Waals surface area contributed by atoms with Crippen LogP contribution in [-0.2, 0) is 0 Å². The van der Waals surface area contributed by atoms with Crippen LogP contribution in [0, 0.1) is 15.9 Å². The normalized spacial score (nSPS) is 14.8. The monoisotopic (exact) mass is 342 g/mol. The molecule has 0 N–H and O–H groups in total. The topological polar surface area (TPSA) is 55.6 Å². The van der Waals surface area contributed by atoms with Crippen LogP contribution in [0.4, 0.5) is 10.1 Å². The molecule has 0 aromatic heterocycles. The molecule has 0 bridgehead atoms. The fraction of sp³-hybridized carbons (Fsp3) is 0.263. The molecule has 0 fully saturated rings. The largest absolute Gasteiger partial charge is 0.492 e. The molecule has 1 heterocycles. The van der Waals surface area contributed by atoms with Crippen molar-refractivity contribution in [1.29, 1.82) is 0 Å². The van der Waals surface area contributed by atoms with Gasteiger partial charge in [-0.1, -0.05) is 18.2 Å². The summed E-state index contributed by atoms with van der Waals surface area (Å²) in [6.45, 7) is 3.06. The molecule has 3 rings (SSSR count). The number of nitrogens with zero attached hydrogens (tertiary/aromatic N) is 2. The predicted molar refractivity (Wildman–Crippen MR) is 94.0 cm³/mol. The number of benzene rings is 2. The van der Waals surface area contributed by atoms with Crippen LogP contribution in [-0.4, -0.2) is 36.1 Å². The average Bonchev–Trinajstić information content (AvgIpc) is 2.63. The highest BCUT2D eigenvalue weighted by molar-refractivity contribution is 5.66. The molecule has 0 spiro atoms. The summed E-state index contributed by atoms with van der Waals surface area (Å²) in [7, 11) is 0. The zero-order valence-corrected chi connectivity index (χ0v) is 13.7. The molecular weight excluding hydrogens is 323 g/mol. The summed E-state index contributed by atoms with van der Waals surface area (Å²) in [6.07, 6.45) is 3.09. The van der Waals surface area contributed by atoms with Gasteiger partial charge in [-0.3, -0.25) is 15.0 Å². The number of hydrogen-bond donors (Lipinski definition) is 0. The molecule has 2 aromatic carbocycles. The van der Waals surface area contributed by atoms with Crippen molar-refractivity contribution in [3.05, 3.63) is 76.1 Å². The molecule has 0 amide bonds. The van der Waals surface area contributed by atoms with Crippen molar-refractivity contribution in [2.24, 2.45) is 0 Å². The van der Waals surface area contributed by atoms with Gasteiger partial charge in [0, 0.05) is 31.8 Å². The minimum Gasteiger partial charge on any atom is -0.492 e. The summed E-state index contributed by atoms with van der Waals surface area (Å²) in [5.74, 6) is 0.412. The van der Waals surface area contributed by atoms with Crippen molar-refractivity contribution in [3.8, 4) is 5.75 Å². The lowest BCUT2D eigenvalue weighted by Gasteiger charge is -2.26. The summed E-state index contributed by atoms with van der Waals surface area (Å²) in [5.41, 5.74) is 2.37. The number of nitro benzene ring substituents is 1. The smallest absolute Gasteiger partial charge is 0.269 e. The minimum atomic E-state index is -0.428. The van der Waals surface area contributed by atoms with Crippen molar-refractivity contribution in [2.45, 2.75) is 6.42 Å². The molecule has 2 aromatic rings. The maximum Gasteiger partial charge on any atom is 0.269 e. The lowest BCUT2D eigenvalue weighted by atomic mass is 9.99. The minimum absolute atomic E-state index is 0.0573. The maximum absolute atomic E-state index is 13.0. The third-order valence-corrected chi connectivity index (χ3v) is 4.23. The Morgan fingerprint density at radius 3 is 2.44 bits per heavy atom. The van der Waals surface area contributed by atoms with Crippen LogP contribution in [0.25, 0.3) is 5.57 Å². The fourth-order valence-electron chi connectivity index (χ4n) is 2.80. The Bertz CT molecular complexity index is 757. The van der Waals surface area contributed by atoms with Gasteiger partial charge in [-0.05, 0) is 41.8 Å². The SMILES string of the molecule is O=[N+]([O-])c1ccc(OCCN2CC=C(c3ccc(F)cc3)CC2)cc1. The number of halogens is 1. The molecule has 25 heavy (non-hydrogen) atoms. The second-order valence-corrected chi connectivity index (χ2v) is 5.89. The van der Waals surface area contributed by atoms with Crippen molar-refractivity contribution in [3.63, 3.8) is 0 Å². The Balaban J connectivity index is 1.46. The van der Waals surface area contributed by atoms with E-state index < -0.39 is 4.92 Å². The molecule has 0 saturated heterocycles. The van der Waals surface area contributed by atoms with E-state index in [2.05, 4.69) is 11.0 Å². The standard InChI is InChI=1S/C19H19FN2O3/c20-17-3-1-15(2-4-17)16-9-11-21(12-10-16)13-14-25-19-7-5-18(6-8-19)22(23)24/h1-9H,10-14H2. The number of nitro groups is 1. The van der Waals surface area contributed by atoms with Crippen LogP contribution in [0.1, 0.15) is 12.0 Å². The maximum atomic E-state index is 13.0. The van der Waals surface area contributed by atoms with E-state index in [1.165, 1.54) is 29.8 Å². The molecule has 0 radical (unpaired) electrons. The zero-order chi connectivity index (χ0) is 17.6. The first-order chi connectivity index (χ1) is 12.1. The molecule has 5 nitrogen and oxygen atoms in total. The Labute approximate surface area is 145 Å². The van der Waals surface area contributed by atoms with E-state index in [1.807, 2.05) is 12.1 Å². The van der Waals surface area contributed by atoms with E-state index in [1.54, 1.807) is 12.1 Å². The first-order valence-electron chi connectivity index (χ1n) is 8.16. The number of ether oxygens (including phenoxy) is 1. The molecule has 1 aliphatic rings. The molecule has 130 valence electrons. The molecule has 0 saturated carbocycles. The van der Waals surface area contributed by atoms with Gasteiger partial charge in [-0.15, -0.1) is 0 Å². The zero-order valence-electron chi connectivity index (χ0n) is 13.7. The van der Waals surface area contributed by atoms with Crippen molar-refractivity contribution in [2.75, 3.05) is 26.2 Å². The van der Waals surface area contributed by atoms with Gasteiger partial charge in [-0.25, -0.2) is 4.39 Å². The third kappa shape index (κ3) is 4.64. The number of rotatable bonds is 6. The second kappa shape index (κ2) is 7.90. The van der Waals surface area contributed by atoms with E-state index in [0.717, 1.165) is 31.6 Å². The summed E-state index contributed by atoms with van der Waals surface area (Å²) in [5, 5.41) is 10.6. The molecule has 0 aliphatic carbocycles. The van der Waals surface area contributed by atoms with Crippen LogP contribution in [0.3, 0.4) is 0 Å². The van der Waals surface area contributed by atoms with E-state index in [4.69, 9.17) is 4.74 Å². The van der Waals surface area contributed by atoms with Gasteiger partial charge >= 0.3 is 0 Å². The predicted octanol–water partition coefficient (Wildman–Crippen LogP) is 3.90. The van der Waals surface area contributed by atoms with E-state index in [-0.39, 0.29) is 11.5 Å². The highest BCUT2D eigenvalue weighted by Crippen LogP contribution is 2.22. The summed E-state index contributed by atoms with van der Waals surface area (Å²) in [4.78, 5) is 12.5. The lowest BCUT2D eigenvalue weighted by Crippen LogP contribution is -2.32. The van der Waals surface area contributed by atoms with Crippen LogP contribution in [0.2, 0.25) is 0 Å². The lowest BCUT2D eigenvalue weighted by molar-refractivity contribution is -0.384.